The van der Waals surface area contributed by atoms with Crippen LogP contribution in [-0.2, 0) is 34.0 Å². The van der Waals surface area contributed by atoms with Gasteiger partial charge in [-0.3, -0.25) is 14.6 Å². The van der Waals surface area contributed by atoms with E-state index in [1.807, 2.05) is 52.0 Å². The summed E-state index contributed by atoms with van der Waals surface area (Å²) in [6.07, 6.45) is 0.101. The van der Waals surface area contributed by atoms with Crippen molar-refractivity contribution in [2.45, 2.75) is 65.8 Å². The largest absolute Gasteiger partial charge is 0.497 e. The van der Waals surface area contributed by atoms with Crippen LogP contribution in [0.15, 0.2) is 53.6 Å². The Morgan fingerprint density at radius 1 is 1.08 bits per heavy atom. The highest BCUT2D eigenvalue weighted by molar-refractivity contribution is 6.30. The van der Waals surface area contributed by atoms with Crippen molar-refractivity contribution in [3.8, 4) is 5.75 Å². The zero-order chi connectivity index (χ0) is 28.6. The summed E-state index contributed by atoms with van der Waals surface area (Å²) in [6.45, 7) is 8.65. The van der Waals surface area contributed by atoms with Gasteiger partial charge in [0, 0.05) is 35.8 Å². The molecule has 0 unspecified atom stereocenters. The van der Waals surface area contributed by atoms with Gasteiger partial charge >= 0.3 is 6.09 Å². The maximum Gasteiger partial charge on any atom is 0.407 e. The van der Waals surface area contributed by atoms with Crippen LogP contribution in [0.2, 0.25) is 5.02 Å². The smallest absolute Gasteiger partial charge is 0.407 e. The predicted molar refractivity (Wildman–Crippen MR) is 150 cm³/mol. The number of methoxy groups -OCH3 is 1. The van der Waals surface area contributed by atoms with Crippen LogP contribution in [0, 0.1) is 0 Å². The van der Waals surface area contributed by atoms with Gasteiger partial charge in [0.05, 0.1) is 13.5 Å². The standard InChI is InChI=1S/C29H37ClN4O5/c1-19-11-12-34(32-16-20-7-6-8-24(13-20)38-5)27(36)25(19)15-26(35)31-17-22-14-23(30)10-9-21(22)18-39-28(37)33-29(2,3)4/h6-10,13-14,32H,11-12,15-18H2,1-5H3,(H,31,35)(H,33,37). The molecule has 3 rings (SSSR count). The van der Waals surface area contributed by atoms with Crippen LogP contribution in [0.3, 0.4) is 0 Å². The highest BCUT2D eigenvalue weighted by Gasteiger charge is 2.27. The second-order valence-corrected chi connectivity index (χ2v) is 10.9. The van der Waals surface area contributed by atoms with Crippen molar-refractivity contribution in [2.75, 3.05) is 13.7 Å². The fourth-order valence-corrected chi connectivity index (χ4v) is 4.22. The predicted octanol–water partition coefficient (Wildman–Crippen LogP) is 4.63. The van der Waals surface area contributed by atoms with E-state index < -0.39 is 11.6 Å². The van der Waals surface area contributed by atoms with Gasteiger partial charge in [-0.05, 0) is 75.1 Å². The van der Waals surface area contributed by atoms with Crippen LogP contribution in [0.25, 0.3) is 0 Å². The van der Waals surface area contributed by atoms with Crippen molar-refractivity contribution in [1.82, 2.24) is 21.1 Å². The third kappa shape index (κ3) is 9.30. The van der Waals surface area contributed by atoms with Crippen LogP contribution < -0.4 is 20.8 Å². The minimum Gasteiger partial charge on any atom is -0.497 e. The molecule has 10 heteroatoms. The normalized spacial score (nSPS) is 13.8. The zero-order valence-electron chi connectivity index (χ0n) is 23.2. The lowest BCUT2D eigenvalue weighted by molar-refractivity contribution is -0.132. The average molecular weight is 557 g/mol. The van der Waals surface area contributed by atoms with Crippen LogP contribution in [0.4, 0.5) is 4.79 Å². The molecule has 0 spiro atoms. The molecule has 1 aliphatic heterocycles. The van der Waals surface area contributed by atoms with E-state index in [2.05, 4.69) is 16.1 Å². The lowest BCUT2D eigenvalue weighted by Crippen LogP contribution is -2.46. The molecule has 39 heavy (non-hydrogen) atoms. The van der Waals surface area contributed by atoms with Gasteiger partial charge in [0.2, 0.25) is 5.91 Å². The number of hydrogen-bond donors (Lipinski definition) is 3. The van der Waals surface area contributed by atoms with E-state index in [0.29, 0.717) is 30.1 Å². The monoisotopic (exact) mass is 556 g/mol. The van der Waals surface area contributed by atoms with Gasteiger partial charge in [-0.1, -0.05) is 35.4 Å². The number of hydrogen-bond acceptors (Lipinski definition) is 6. The molecule has 3 amide bonds. The number of amides is 3. The Morgan fingerprint density at radius 2 is 1.85 bits per heavy atom. The van der Waals surface area contributed by atoms with Crippen LogP contribution in [-0.4, -0.2) is 42.1 Å². The van der Waals surface area contributed by atoms with Gasteiger partial charge in [0.1, 0.15) is 12.4 Å². The number of halogens is 1. The number of carbonyl (C=O) groups excluding carboxylic acids is 3. The third-order valence-corrected chi connectivity index (χ3v) is 6.39. The van der Waals surface area contributed by atoms with E-state index in [-0.39, 0.29) is 31.4 Å². The van der Waals surface area contributed by atoms with Gasteiger partial charge in [-0.2, -0.15) is 0 Å². The molecule has 0 saturated carbocycles. The topological polar surface area (TPSA) is 109 Å². The maximum atomic E-state index is 13.2. The number of benzene rings is 2. The van der Waals surface area contributed by atoms with Crippen molar-refractivity contribution in [3.05, 3.63) is 75.3 Å². The van der Waals surface area contributed by atoms with E-state index in [1.54, 1.807) is 30.3 Å². The van der Waals surface area contributed by atoms with Crippen molar-refractivity contribution in [1.29, 1.82) is 0 Å². The second kappa shape index (κ2) is 13.5. The minimum absolute atomic E-state index is 0.0287. The van der Waals surface area contributed by atoms with Crippen molar-refractivity contribution >= 4 is 29.5 Å². The SMILES string of the molecule is COc1cccc(CNN2CCC(C)=C(CC(=O)NCc3cc(Cl)ccc3COC(=O)NC(C)(C)C)C2=O)c1. The highest BCUT2D eigenvalue weighted by Crippen LogP contribution is 2.22. The molecule has 0 aromatic heterocycles. The van der Waals surface area contributed by atoms with E-state index >= 15 is 0 Å². The first-order valence-corrected chi connectivity index (χ1v) is 13.2. The second-order valence-electron chi connectivity index (χ2n) is 10.5. The summed E-state index contributed by atoms with van der Waals surface area (Å²) < 4.78 is 10.6. The molecule has 210 valence electrons. The summed E-state index contributed by atoms with van der Waals surface area (Å²) in [6, 6.07) is 12.8. The molecule has 1 aliphatic rings. The minimum atomic E-state index is -0.532. The van der Waals surface area contributed by atoms with Gasteiger partial charge in [-0.15, -0.1) is 0 Å². The lowest BCUT2D eigenvalue weighted by Gasteiger charge is -2.30. The van der Waals surface area contributed by atoms with E-state index in [9.17, 15) is 14.4 Å². The zero-order valence-corrected chi connectivity index (χ0v) is 23.9. The summed E-state index contributed by atoms with van der Waals surface area (Å²) in [4.78, 5) is 38.1. The van der Waals surface area contributed by atoms with Crippen LogP contribution in [0.1, 0.15) is 57.2 Å². The van der Waals surface area contributed by atoms with E-state index in [4.69, 9.17) is 21.1 Å². The number of nitrogens with one attached hydrogen (secondary N) is 3. The molecule has 0 radical (unpaired) electrons. The third-order valence-electron chi connectivity index (χ3n) is 6.15. The highest BCUT2D eigenvalue weighted by atomic mass is 35.5. The van der Waals surface area contributed by atoms with Gasteiger partial charge in [-0.25, -0.2) is 10.2 Å². The molecule has 3 N–H and O–H groups in total. The fourth-order valence-electron chi connectivity index (χ4n) is 4.03. The average Bonchev–Trinajstić information content (AvgIpc) is 2.88. The van der Waals surface area contributed by atoms with Gasteiger partial charge in [0.25, 0.3) is 5.91 Å². The number of rotatable bonds is 10. The quantitative estimate of drug-likeness (QED) is 0.393. The Morgan fingerprint density at radius 3 is 2.56 bits per heavy atom. The van der Waals surface area contributed by atoms with Crippen molar-refractivity contribution in [3.63, 3.8) is 0 Å². The van der Waals surface area contributed by atoms with Gasteiger partial charge < -0.3 is 20.1 Å². The Balaban J connectivity index is 1.57. The first kappa shape index (κ1) is 30.0. The molecule has 0 bridgehead atoms. The lowest BCUT2D eigenvalue weighted by atomic mass is 9.98. The number of alkyl carbamates (subject to hydrolysis) is 1. The van der Waals surface area contributed by atoms with Crippen LogP contribution >= 0.6 is 11.6 Å². The van der Waals surface area contributed by atoms with Crippen molar-refractivity contribution in [2.24, 2.45) is 0 Å². The molecule has 2 aromatic rings. The van der Waals surface area contributed by atoms with Crippen LogP contribution in [0.5, 0.6) is 5.75 Å². The summed E-state index contributed by atoms with van der Waals surface area (Å²) in [5.41, 5.74) is 6.55. The molecular formula is C29H37ClN4O5. The number of nitrogens with zero attached hydrogens (tertiary/aromatic N) is 1. The molecule has 0 saturated heterocycles. The van der Waals surface area contributed by atoms with E-state index in [1.165, 1.54) is 0 Å². The fraction of sp³-hybridized carbons (Fsp3) is 0.414. The molecule has 9 nitrogen and oxygen atoms in total. The summed E-state index contributed by atoms with van der Waals surface area (Å²) in [5.74, 6) is 0.248. The Kier molecular flexibility index (Phi) is 10.4. The summed E-state index contributed by atoms with van der Waals surface area (Å²) >= 11 is 6.18. The molecule has 2 aromatic carbocycles. The molecular weight excluding hydrogens is 520 g/mol. The number of ether oxygens (including phenoxy) is 2. The Hall–Kier alpha value is -3.56. The van der Waals surface area contributed by atoms with Gasteiger partial charge in [0.15, 0.2) is 0 Å². The molecule has 1 heterocycles. The Labute approximate surface area is 234 Å². The van der Waals surface area contributed by atoms with E-state index in [0.717, 1.165) is 28.0 Å². The molecule has 0 fully saturated rings. The summed E-state index contributed by atoms with van der Waals surface area (Å²) in [5, 5.41) is 7.68. The maximum absolute atomic E-state index is 13.2. The Bertz CT molecular complexity index is 1240. The number of carbonyl (C=O) groups is 3. The molecule has 0 aliphatic carbocycles. The molecule has 0 atom stereocenters. The first-order valence-electron chi connectivity index (χ1n) is 12.8. The summed E-state index contributed by atoms with van der Waals surface area (Å²) in [7, 11) is 1.61. The number of hydrazine groups is 1. The first-order chi connectivity index (χ1) is 18.4. The van der Waals surface area contributed by atoms with Crippen molar-refractivity contribution < 1.29 is 23.9 Å².